The van der Waals surface area contributed by atoms with Crippen LogP contribution in [0.1, 0.15) is 116 Å². The Morgan fingerprint density at radius 3 is 1.30 bits per heavy atom. The van der Waals surface area contributed by atoms with Gasteiger partial charge in [-0.3, -0.25) is 29.0 Å². The first-order chi connectivity index (χ1) is 26.7. The van der Waals surface area contributed by atoms with Gasteiger partial charge in [0, 0.05) is 50.1 Å². The summed E-state index contributed by atoms with van der Waals surface area (Å²) in [7, 11) is 10.1. The molecule has 57 heavy (non-hydrogen) atoms. The summed E-state index contributed by atoms with van der Waals surface area (Å²) in [4.78, 5) is 57.4. The van der Waals surface area contributed by atoms with Gasteiger partial charge in [-0.25, -0.2) is 0 Å². The molecule has 0 atom stereocenters. The quantitative estimate of drug-likeness (QED) is 0.220. The Morgan fingerprint density at radius 1 is 0.632 bits per heavy atom. The Kier molecular flexibility index (Phi) is 13.4. The van der Waals surface area contributed by atoms with E-state index in [1.165, 1.54) is 18.2 Å². The van der Waals surface area contributed by atoms with Crippen LogP contribution in [-0.4, -0.2) is 110 Å². The lowest BCUT2D eigenvalue weighted by Gasteiger charge is -2.49. The van der Waals surface area contributed by atoms with E-state index in [-0.39, 0.29) is 39.7 Å². The van der Waals surface area contributed by atoms with E-state index in [9.17, 15) is 24.3 Å². The summed E-state index contributed by atoms with van der Waals surface area (Å²) in [5, 5.41) is 9.33. The first kappa shape index (κ1) is 44.3. The van der Waals surface area contributed by atoms with E-state index in [1.807, 2.05) is 23.6 Å². The van der Waals surface area contributed by atoms with E-state index in [1.54, 1.807) is 13.8 Å². The number of rotatable bonds is 12. The van der Waals surface area contributed by atoms with Crippen molar-refractivity contribution in [2.24, 2.45) is 21.7 Å². The molecule has 2 aliphatic heterocycles. The molecule has 314 valence electrons. The third kappa shape index (κ3) is 9.43. The molecule has 2 aromatic carbocycles. The molecule has 0 aromatic heterocycles. The molecule has 2 saturated carbocycles. The zero-order valence-corrected chi connectivity index (χ0v) is 36.4. The van der Waals surface area contributed by atoms with Gasteiger partial charge >= 0.3 is 11.9 Å². The lowest BCUT2D eigenvalue weighted by Crippen LogP contribution is -2.47. The molecule has 0 unspecified atom stereocenters. The third-order valence-electron chi connectivity index (χ3n) is 14.8. The van der Waals surface area contributed by atoms with Crippen molar-refractivity contribution in [3.05, 3.63) is 71.8 Å². The van der Waals surface area contributed by atoms with Crippen LogP contribution in [0.4, 0.5) is 0 Å². The van der Waals surface area contributed by atoms with Gasteiger partial charge in [-0.15, -0.1) is 0 Å². The van der Waals surface area contributed by atoms with Crippen molar-refractivity contribution in [3.63, 3.8) is 0 Å². The van der Waals surface area contributed by atoms with Crippen LogP contribution in [0.3, 0.4) is 0 Å². The first-order valence-corrected chi connectivity index (χ1v) is 21.1. The number of esters is 1. The van der Waals surface area contributed by atoms with Gasteiger partial charge in [0.25, 0.3) is 0 Å². The number of nitrogens with zero attached hydrogens (tertiary/aromatic N) is 4. The normalized spacial score (nSPS) is 28.0. The van der Waals surface area contributed by atoms with Gasteiger partial charge < -0.3 is 19.6 Å². The van der Waals surface area contributed by atoms with Crippen LogP contribution in [0, 0.1) is 21.7 Å². The molecule has 10 nitrogen and oxygen atoms in total. The van der Waals surface area contributed by atoms with Gasteiger partial charge in [0.2, 0.25) is 11.8 Å². The number of methoxy groups -OCH3 is 1. The smallest absolute Gasteiger partial charge is 0.311 e. The van der Waals surface area contributed by atoms with E-state index in [2.05, 4.69) is 98.7 Å². The molecule has 2 amide bonds. The minimum absolute atomic E-state index is 0.0360. The summed E-state index contributed by atoms with van der Waals surface area (Å²) in [6.45, 7) is 10.0. The number of carboxylic acid groups (broad SMARTS) is 1. The van der Waals surface area contributed by atoms with E-state index < -0.39 is 16.8 Å². The monoisotopic (exact) mass is 787 g/mol. The van der Waals surface area contributed by atoms with Crippen molar-refractivity contribution in [2.75, 3.05) is 61.5 Å². The number of hydrogen-bond acceptors (Lipinski definition) is 7. The molecule has 0 bridgehead atoms. The van der Waals surface area contributed by atoms with E-state index in [0.717, 1.165) is 64.5 Å². The Balaban J connectivity index is 0.000000218. The fourth-order valence-corrected chi connectivity index (χ4v) is 10.2. The lowest BCUT2D eigenvalue weighted by atomic mass is 9.64. The Bertz CT molecular complexity index is 1710. The summed E-state index contributed by atoms with van der Waals surface area (Å²) in [6.07, 6.45) is 10.8. The average molecular weight is 787 g/mol. The maximum atomic E-state index is 12.8. The van der Waals surface area contributed by atoms with E-state index in [4.69, 9.17) is 4.74 Å². The van der Waals surface area contributed by atoms with Gasteiger partial charge in [0.1, 0.15) is 0 Å². The highest BCUT2D eigenvalue weighted by molar-refractivity contribution is 5.80. The number of hydrogen-bond donors (Lipinski definition) is 1. The van der Waals surface area contributed by atoms with Crippen molar-refractivity contribution in [1.29, 1.82) is 0 Å². The molecule has 2 heterocycles. The number of carbonyl (C=O) groups is 4. The molecule has 4 fully saturated rings. The van der Waals surface area contributed by atoms with Gasteiger partial charge in [-0.05, 0) is 142 Å². The van der Waals surface area contributed by atoms with Crippen molar-refractivity contribution in [3.8, 4) is 0 Å². The standard InChI is InChI=1S/C24H36N2O3.C23H34N2O3/c1-22(2,21(28)29-5)15-16-26-18-23(17-20(26)27)11-13-24(14-12-23,25(3)4)19-9-7-6-8-10-19;1-21(2,20(27)28)14-15-25-17-22(16-19(25)26)10-12-23(13-11-22,24(3)4)18-8-6-5-7-9-18/h6-10H,11-18H2,1-5H3;5-9H,10-17H2,1-4H3,(H,27,28). The largest absolute Gasteiger partial charge is 0.481 e. The molecule has 10 heteroatoms. The van der Waals surface area contributed by atoms with E-state index in [0.29, 0.717) is 38.8 Å². The maximum absolute atomic E-state index is 12.8. The minimum Gasteiger partial charge on any atom is -0.481 e. The Labute approximate surface area is 342 Å². The van der Waals surface area contributed by atoms with E-state index >= 15 is 0 Å². The topological polar surface area (TPSA) is 111 Å². The van der Waals surface area contributed by atoms with Crippen LogP contribution < -0.4 is 0 Å². The highest BCUT2D eigenvalue weighted by Gasteiger charge is 2.52. The maximum Gasteiger partial charge on any atom is 0.311 e. The number of likely N-dealkylation sites (tertiary alicyclic amines) is 2. The summed E-state index contributed by atoms with van der Waals surface area (Å²) in [5.74, 6) is -0.582. The number of carbonyl (C=O) groups excluding carboxylic acids is 3. The highest BCUT2D eigenvalue weighted by atomic mass is 16.5. The molecule has 0 radical (unpaired) electrons. The molecule has 2 saturated heterocycles. The van der Waals surface area contributed by atoms with Crippen LogP contribution >= 0.6 is 0 Å². The number of ether oxygens (including phenoxy) is 1. The summed E-state index contributed by atoms with van der Waals surface area (Å²) in [6, 6.07) is 21.5. The summed E-state index contributed by atoms with van der Waals surface area (Å²) in [5.41, 5.74) is 1.60. The average Bonchev–Trinajstić information content (AvgIpc) is 3.67. The van der Waals surface area contributed by atoms with Gasteiger partial charge in [-0.1, -0.05) is 60.7 Å². The molecule has 2 aromatic rings. The van der Waals surface area contributed by atoms with Crippen LogP contribution in [-0.2, 0) is 35.0 Å². The van der Waals surface area contributed by atoms with Crippen molar-refractivity contribution in [1.82, 2.24) is 19.6 Å². The zero-order valence-electron chi connectivity index (χ0n) is 36.4. The number of carboxylic acids is 1. The zero-order chi connectivity index (χ0) is 41.9. The number of aliphatic carboxylic acids is 1. The molecule has 2 aliphatic carbocycles. The van der Waals surface area contributed by atoms with Crippen molar-refractivity contribution < 1.29 is 29.0 Å². The third-order valence-corrected chi connectivity index (χ3v) is 14.8. The van der Waals surface area contributed by atoms with Crippen LogP contribution in [0.5, 0.6) is 0 Å². The minimum atomic E-state index is -0.801. The SMILES string of the molecule is CN(C)C1(c2ccccc2)CCC2(CC1)CC(=O)N(CCC(C)(C)C(=O)O)C2.COC(=O)C(C)(C)CCN1CC2(CCC(c3ccccc3)(N(C)C)CC2)CC1=O. The fraction of sp³-hybridized carbons (Fsp3) is 0.660. The number of amides is 2. The molecule has 2 spiro atoms. The predicted octanol–water partition coefficient (Wildman–Crippen LogP) is 7.56. The lowest BCUT2D eigenvalue weighted by molar-refractivity contribution is -0.151. The molecule has 1 N–H and O–H groups in total. The summed E-state index contributed by atoms with van der Waals surface area (Å²) < 4.78 is 4.91. The van der Waals surface area contributed by atoms with Crippen molar-refractivity contribution in [2.45, 2.75) is 116 Å². The van der Waals surface area contributed by atoms with Gasteiger partial charge in [0.15, 0.2) is 0 Å². The van der Waals surface area contributed by atoms with Gasteiger partial charge in [0.05, 0.1) is 17.9 Å². The molecular formula is C47H70N4O6. The second kappa shape index (κ2) is 17.2. The highest BCUT2D eigenvalue weighted by Crippen LogP contribution is 2.53. The molecule has 4 aliphatic rings. The van der Waals surface area contributed by atoms with Crippen LogP contribution in [0.2, 0.25) is 0 Å². The van der Waals surface area contributed by atoms with Crippen LogP contribution in [0.25, 0.3) is 0 Å². The predicted molar refractivity (Wildman–Crippen MR) is 224 cm³/mol. The van der Waals surface area contributed by atoms with Gasteiger partial charge in [-0.2, -0.15) is 0 Å². The molecule has 6 rings (SSSR count). The van der Waals surface area contributed by atoms with Crippen molar-refractivity contribution >= 4 is 23.8 Å². The second-order valence-electron chi connectivity index (χ2n) is 19.6. The number of benzene rings is 2. The van der Waals surface area contributed by atoms with Crippen LogP contribution in [0.15, 0.2) is 60.7 Å². The molecular weight excluding hydrogens is 717 g/mol. The second-order valence-corrected chi connectivity index (χ2v) is 19.6. The first-order valence-electron chi connectivity index (χ1n) is 21.1. The fourth-order valence-electron chi connectivity index (χ4n) is 10.2. The Hall–Kier alpha value is -3.76. The Morgan fingerprint density at radius 2 is 0.982 bits per heavy atom. The summed E-state index contributed by atoms with van der Waals surface area (Å²) >= 11 is 0.